The molecule has 2 rings (SSSR count). The maximum Gasteiger partial charge on any atom is 0.240 e. The van der Waals surface area contributed by atoms with Gasteiger partial charge in [0.1, 0.15) is 12.4 Å². The lowest BCUT2D eigenvalue weighted by atomic mass is 10.1. The Labute approximate surface area is 153 Å². The summed E-state index contributed by atoms with van der Waals surface area (Å²) in [5, 5.41) is 2.77. The van der Waals surface area contributed by atoms with Crippen LogP contribution in [0.15, 0.2) is 54.6 Å². The molecule has 0 unspecified atom stereocenters. The highest BCUT2D eigenvalue weighted by atomic mass is 32.2. The average Bonchev–Trinajstić information content (AvgIpc) is 2.59. The second-order valence-corrected chi connectivity index (χ2v) is 8.12. The Balaban J connectivity index is 1.98. The second kappa shape index (κ2) is 8.80. The van der Waals surface area contributed by atoms with E-state index in [0.29, 0.717) is 6.42 Å². The third-order valence-corrected chi connectivity index (χ3v) is 5.05. The summed E-state index contributed by atoms with van der Waals surface area (Å²) >= 11 is 0. The number of rotatable bonds is 8. The number of sulfonamides is 1. The van der Waals surface area contributed by atoms with Crippen LogP contribution in [0.2, 0.25) is 0 Å². The van der Waals surface area contributed by atoms with E-state index in [0.717, 1.165) is 28.6 Å². The lowest BCUT2D eigenvalue weighted by Gasteiger charge is -2.23. The minimum Gasteiger partial charge on any atom is -0.352 e. The van der Waals surface area contributed by atoms with Crippen molar-refractivity contribution in [3.63, 3.8) is 0 Å². The molecule has 0 fully saturated rings. The Bertz CT molecular complexity index is 841. The number of para-hydroxylation sites is 1. The molecule has 7 heteroatoms. The summed E-state index contributed by atoms with van der Waals surface area (Å²) in [6.07, 6.45) is 2.46. The predicted molar refractivity (Wildman–Crippen MR) is 101 cm³/mol. The quantitative estimate of drug-likeness (QED) is 0.768. The molecular formula is C19H23FN2O3S. The van der Waals surface area contributed by atoms with E-state index in [2.05, 4.69) is 5.32 Å². The van der Waals surface area contributed by atoms with Crippen LogP contribution in [0.25, 0.3) is 0 Å². The van der Waals surface area contributed by atoms with Gasteiger partial charge in [0.15, 0.2) is 0 Å². The first-order valence-electron chi connectivity index (χ1n) is 8.33. The van der Waals surface area contributed by atoms with Crippen molar-refractivity contribution in [3.8, 4) is 0 Å². The fourth-order valence-corrected chi connectivity index (χ4v) is 3.44. The molecule has 1 atom stereocenters. The van der Waals surface area contributed by atoms with Crippen molar-refractivity contribution in [1.29, 1.82) is 0 Å². The first-order valence-corrected chi connectivity index (χ1v) is 10.2. The van der Waals surface area contributed by atoms with Gasteiger partial charge >= 0.3 is 0 Å². The predicted octanol–water partition coefficient (Wildman–Crippen LogP) is 2.73. The Hall–Kier alpha value is -2.41. The topological polar surface area (TPSA) is 66.5 Å². The van der Waals surface area contributed by atoms with Crippen molar-refractivity contribution in [1.82, 2.24) is 5.32 Å². The number of nitrogens with zero attached hydrogens (tertiary/aromatic N) is 1. The minimum atomic E-state index is -3.79. The van der Waals surface area contributed by atoms with Crippen LogP contribution in [0.3, 0.4) is 0 Å². The van der Waals surface area contributed by atoms with E-state index in [1.54, 1.807) is 0 Å². The number of hydrogen-bond donors (Lipinski definition) is 1. The Morgan fingerprint density at radius 2 is 1.73 bits per heavy atom. The molecule has 0 saturated heterocycles. The van der Waals surface area contributed by atoms with Gasteiger partial charge in [-0.05, 0) is 37.5 Å². The molecule has 0 aliphatic carbocycles. The van der Waals surface area contributed by atoms with E-state index in [1.807, 2.05) is 37.3 Å². The molecule has 0 saturated carbocycles. The zero-order valence-electron chi connectivity index (χ0n) is 14.9. The highest BCUT2D eigenvalue weighted by molar-refractivity contribution is 7.92. The average molecular weight is 378 g/mol. The molecule has 2 aromatic rings. The van der Waals surface area contributed by atoms with Crippen molar-refractivity contribution in [2.24, 2.45) is 0 Å². The molecular weight excluding hydrogens is 355 g/mol. The normalized spacial score (nSPS) is 12.4. The third kappa shape index (κ3) is 5.84. The highest BCUT2D eigenvalue weighted by Crippen LogP contribution is 2.21. The molecule has 0 spiro atoms. The van der Waals surface area contributed by atoms with E-state index in [9.17, 15) is 17.6 Å². The SMILES string of the molecule is C[C@H](CCc1ccccc1)NC(=O)CN(c1ccccc1F)S(C)(=O)=O. The monoisotopic (exact) mass is 378 g/mol. The summed E-state index contributed by atoms with van der Waals surface area (Å²) in [6.45, 7) is 1.39. The molecule has 0 radical (unpaired) electrons. The maximum atomic E-state index is 14.0. The van der Waals surface area contributed by atoms with Gasteiger partial charge in [-0.3, -0.25) is 9.10 Å². The number of nitrogens with one attached hydrogen (secondary N) is 1. The van der Waals surface area contributed by atoms with E-state index in [4.69, 9.17) is 0 Å². The standard InChI is InChI=1S/C19H23FN2O3S/c1-15(12-13-16-8-4-3-5-9-16)21-19(23)14-22(26(2,24)25)18-11-7-6-10-17(18)20/h3-11,15H,12-14H2,1-2H3,(H,21,23)/t15-/m1/s1. The molecule has 0 aliphatic heterocycles. The van der Waals surface area contributed by atoms with Crippen molar-refractivity contribution in [2.45, 2.75) is 25.8 Å². The van der Waals surface area contributed by atoms with Gasteiger partial charge < -0.3 is 5.32 Å². The molecule has 0 heterocycles. The number of hydrogen-bond acceptors (Lipinski definition) is 3. The van der Waals surface area contributed by atoms with Crippen molar-refractivity contribution in [3.05, 3.63) is 66.0 Å². The first-order chi connectivity index (χ1) is 12.3. The number of amides is 1. The van der Waals surface area contributed by atoms with E-state index in [-0.39, 0.29) is 11.7 Å². The van der Waals surface area contributed by atoms with Crippen molar-refractivity contribution in [2.75, 3.05) is 17.1 Å². The fraction of sp³-hybridized carbons (Fsp3) is 0.316. The summed E-state index contributed by atoms with van der Waals surface area (Å²) in [5.74, 6) is -1.16. The lowest BCUT2D eigenvalue weighted by molar-refractivity contribution is -0.120. The lowest BCUT2D eigenvalue weighted by Crippen LogP contribution is -2.43. The summed E-state index contributed by atoms with van der Waals surface area (Å²) < 4.78 is 38.7. The molecule has 1 N–H and O–H groups in total. The van der Waals surface area contributed by atoms with Crippen LogP contribution < -0.4 is 9.62 Å². The number of carbonyl (C=O) groups excluding carboxylic acids is 1. The van der Waals surface area contributed by atoms with Gasteiger partial charge in [0.2, 0.25) is 15.9 Å². The van der Waals surface area contributed by atoms with Crippen LogP contribution in [0.5, 0.6) is 0 Å². The van der Waals surface area contributed by atoms with Crippen molar-refractivity contribution < 1.29 is 17.6 Å². The fourth-order valence-electron chi connectivity index (χ4n) is 2.59. The summed E-state index contributed by atoms with van der Waals surface area (Å²) in [7, 11) is -3.79. The minimum absolute atomic E-state index is 0.135. The van der Waals surface area contributed by atoms with Crippen LogP contribution in [-0.2, 0) is 21.2 Å². The molecule has 0 aromatic heterocycles. The van der Waals surface area contributed by atoms with Gasteiger partial charge in [0.05, 0.1) is 11.9 Å². The molecule has 26 heavy (non-hydrogen) atoms. The Morgan fingerprint density at radius 1 is 1.12 bits per heavy atom. The summed E-state index contributed by atoms with van der Waals surface area (Å²) in [6, 6.07) is 15.2. The van der Waals surface area contributed by atoms with Gasteiger partial charge in [-0.1, -0.05) is 42.5 Å². The number of aryl methyl sites for hydroxylation is 1. The van der Waals surface area contributed by atoms with Crippen molar-refractivity contribution >= 4 is 21.6 Å². The number of anilines is 1. The zero-order valence-corrected chi connectivity index (χ0v) is 15.7. The van der Waals surface area contributed by atoms with Crippen LogP contribution >= 0.6 is 0 Å². The van der Waals surface area contributed by atoms with Gasteiger partial charge in [-0.15, -0.1) is 0 Å². The van der Waals surface area contributed by atoms with E-state index in [1.165, 1.54) is 18.2 Å². The van der Waals surface area contributed by atoms with Crippen LogP contribution in [0, 0.1) is 5.82 Å². The number of benzene rings is 2. The highest BCUT2D eigenvalue weighted by Gasteiger charge is 2.23. The largest absolute Gasteiger partial charge is 0.352 e. The molecule has 0 aliphatic rings. The van der Waals surface area contributed by atoms with Gasteiger partial charge in [0.25, 0.3) is 0 Å². The molecule has 140 valence electrons. The van der Waals surface area contributed by atoms with Gasteiger partial charge in [0, 0.05) is 6.04 Å². The first kappa shape index (κ1) is 19.9. The maximum absolute atomic E-state index is 14.0. The summed E-state index contributed by atoms with van der Waals surface area (Å²) in [5.41, 5.74) is 1.03. The van der Waals surface area contributed by atoms with E-state index < -0.39 is 28.3 Å². The molecule has 0 bridgehead atoms. The molecule has 5 nitrogen and oxygen atoms in total. The number of carbonyl (C=O) groups is 1. The van der Waals surface area contributed by atoms with E-state index >= 15 is 0 Å². The Kier molecular flexibility index (Phi) is 6.74. The number of halogens is 1. The molecule has 2 aromatic carbocycles. The molecule has 1 amide bonds. The summed E-state index contributed by atoms with van der Waals surface area (Å²) in [4.78, 5) is 12.3. The van der Waals surface area contributed by atoms with Crippen LogP contribution in [0.4, 0.5) is 10.1 Å². The third-order valence-electron chi connectivity index (χ3n) is 3.92. The van der Waals surface area contributed by atoms with Crippen LogP contribution in [0.1, 0.15) is 18.9 Å². The second-order valence-electron chi connectivity index (χ2n) is 6.21. The smallest absolute Gasteiger partial charge is 0.240 e. The van der Waals surface area contributed by atoms with Crippen LogP contribution in [-0.4, -0.2) is 33.2 Å². The van der Waals surface area contributed by atoms with Gasteiger partial charge in [-0.25, -0.2) is 12.8 Å². The van der Waals surface area contributed by atoms with Gasteiger partial charge in [-0.2, -0.15) is 0 Å². The zero-order chi connectivity index (χ0) is 19.2. The Morgan fingerprint density at radius 3 is 2.35 bits per heavy atom.